The van der Waals surface area contributed by atoms with Crippen molar-refractivity contribution in [3.05, 3.63) is 23.8 Å². The Morgan fingerprint density at radius 2 is 1.59 bits per heavy atom. The van der Waals surface area contributed by atoms with Gasteiger partial charge in [0.2, 0.25) is 0 Å². The third-order valence-electron chi connectivity index (χ3n) is 4.40. The largest absolute Gasteiger partial charge is 0.355 e. The fourth-order valence-corrected chi connectivity index (χ4v) is 2.92. The van der Waals surface area contributed by atoms with Gasteiger partial charge in [-0.05, 0) is 29.9 Å². The zero-order chi connectivity index (χ0) is 13.1. The molecular formula is C16H26O. The monoisotopic (exact) mass is 234 g/mol. The Kier molecular flexibility index (Phi) is 2.47. The van der Waals surface area contributed by atoms with Gasteiger partial charge in [-0.3, -0.25) is 0 Å². The van der Waals surface area contributed by atoms with Crippen LogP contribution in [0.15, 0.2) is 23.8 Å². The van der Waals surface area contributed by atoms with Crippen LogP contribution in [0.25, 0.3) is 0 Å². The van der Waals surface area contributed by atoms with Gasteiger partial charge in [-0.25, -0.2) is 0 Å². The standard InChI is InChI=1S/C16H26O/c1-12-10-15(13(2,3)4)8-9-16(11-12,17-15)14(5,6)7/h8-10H,11H2,1-7H3. The number of ether oxygens (including phenoxy) is 1. The molecule has 0 aromatic carbocycles. The van der Waals surface area contributed by atoms with E-state index in [0.29, 0.717) is 0 Å². The maximum atomic E-state index is 6.58. The van der Waals surface area contributed by atoms with E-state index in [2.05, 4.69) is 66.7 Å². The van der Waals surface area contributed by atoms with E-state index in [9.17, 15) is 0 Å². The Morgan fingerprint density at radius 1 is 1.00 bits per heavy atom. The Morgan fingerprint density at radius 3 is 2.06 bits per heavy atom. The van der Waals surface area contributed by atoms with Crippen molar-refractivity contribution in [3.63, 3.8) is 0 Å². The maximum Gasteiger partial charge on any atom is 0.111 e. The van der Waals surface area contributed by atoms with E-state index in [1.807, 2.05) is 0 Å². The minimum absolute atomic E-state index is 0.0954. The van der Waals surface area contributed by atoms with E-state index >= 15 is 0 Å². The smallest absolute Gasteiger partial charge is 0.111 e. The van der Waals surface area contributed by atoms with Gasteiger partial charge < -0.3 is 4.74 Å². The van der Waals surface area contributed by atoms with Gasteiger partial charge in [0, 0.05) is 6.42 Å². The van der Waals surface area contributed by atoms with Crippen LogP contribution in [-0.4, -0.2) is 11.2 Å². The van der Waals surface area contributed by atoms with Crippen molar-refractivity contribution in [2.75, 3.05) is 0 Å². The van der Waals surface area contributed by atoms with E-state index in [1.54, 1.807) is 0 Å². The predicted octanol–water partition coefficient (Wildman–Crippen LogP) is 4.49. The van der Waals surface area contributed by atoms with Crippen molar-refractivity contribution in [3.8, 4) is 0 Å². The second-order valence-electron chi connectivity index (χ2n) is 7.79. The zero-order valence-electron chi connectivity index (χ0n) is 12.3. The molecule has 2 aliphatic rings. The normalized spacial score (nSPS) is 37.2. The van der Waals surface area contributed by atoms with Crippen molar-refractivity contribution in [1.82, 2.24) is 0 Å². The molecule has 0 radical (unpaired) electrons. The third kappa shape index (κ3) is 1.71. The molecule has 0 fully saturated rings. The van der Waals surface area contributed by atoms with Crippen molar-refractivity contribution in [1.29, 1.82) is 0 Å². The summed E-state index contributed by atoms with van der Waals surface area (Å²) >= 11 is 0. The SMILES string of the molecule is CC1=CC2(C(C)(C)C)C=CC(C(C)(C)C)(C1)O2. The molecule has 0 saturated heterocycles. The number of hydrogen-bond acceptors (Lipinski definition) is 1. The highest BCUT2D eigenvalue weighted by atomic mass is 16.5. The highest BCUT2D eigenvalue weighted by Gasteiger charge is 2.56. The third-order valence-corrected chi connectivity index (χ3v) is 4.40. The summed E-state index contributed by atoms with van der Waals surface area (Å²) in [4.78, 5) is 0. The van der Waals surface area contributed by atoms with Crippen LogP contribution in [-0.2, 0) is 4.74 Å². The van der Waals surface area contributed by atoms with Crippen LogP contribution in [0, 0.1) is 10.8 Å². The zero-order valence-corrected chi connectivity index (χ0v) is 12.3. The van der Waals surface area contributed by atoms with Crippen LogP contribution in [0.4, 0.5) is 0 Å². The molecular weight excluding hydrogens is 208 g/mol. The number of hydrogen-bond donors (Lipinski definition) is 0. The molecule has 0 N–H and O–H groups in total. The molecule has 2 aliphatic heterocycles. The van der Waals surface area contributed by atoms with Crippen LogP contribution in [0.3, 0.4) is 0 Å². The summed E-state index contributed by atoms with van der Waals surface area (Å²) in [6, 6.07) is 0. The Bertz CT molecular complexity index is 389. The average molecular weight is 234 g/mol. The lowest BCUT2D eigenvalue weighted by Gasteiger charge is -2.50. The van der Waals surface area contributed by atoms with Crippen molar-refractivity contribution >= 4 is 0 Å². The molecule has 1 heteroatoms. The first-order valence-electron chi connectivity index (χ1n) is 6.60. The maximum absolute atomic E-state index is 6.58. The molecule has 0 aromatic heterocycles. The highest BCUT2D eigenvalue weighted by molar-refractivity contribution is 5.37. The van der Waals surface area contributed by atoms with Gasteiger partial charge in [-0.15, -0.1) is 0 Å². The van der Waals surface area contributed by atoms with Crippen LogP contribution in [0.5, 0.6) is 0 Å². The molecule has 96 valence electrons. The summed E-state index contributed by atoms with van der Waals surface area (Å²) in [5.74, 6) is 0. The van der Waals surface area contributed by atoms with Crippen LogP contribution in [0.1, 0.15) is 54.9 Å². The summed E-state index contributed by atoms with van der Waals surface area (Å²) in [7, 11) is 0. The fourth-order valence-electron chi connectivity index (χ4n) is 2.92. The average Bonchev–Trinajstić information content (AvgIpc) is 2.38. The van der Waals surface area contributed by atoms with Gasteiger partial charge >= 0.3 is 0 Å². The van der Waals surface area contributed by atoms with Crippen LogP contribution < -0.4 is 0 Å². The lowest BCUT2D eigenvalue weighted by molar-refractivity contribution is -0.162. The second-order valence-corrected chi connectivity index (χ2v) is 7.79. The quantitative estimate of drug-likeness (QED) is 0.561. The summed E-state index contributed by atoms with van der Waals surface area (Å²) in [6.07, 6.45) is 7.94. The molecule has 2 atom stereocenters. The molecule has 1 nitrogen and oxygen atoms in total. The van der Waals surface area contributed by atoms with Crippen molar-refractivity contribution in [2.45, 2.75) is 66.1 Å². The molecule has 2 rings (SSSR count). The molecule has 2 unspecified atom stereocenters. The topological polar surface area (TPSA) is 9.23 Å². The van der Waals surface area contributed by atoms with Crippen LogP contribution in [0.2, 0.25) is 0 Å². The van der Waals surface area contributed by atoms with Crippen molar-refractivity contribution < 1.29 is 4.74 Å². The first kappa shape index (κ1) is 12.9. The first-order chi connectivity index (χ1) is 7.52. The molecule has 0 amide bonds. The van der Waals surface area contributed by atoms with E-state index in [4.69, 9.17) is 4.74 Å². The Hall–Kier alpha value is -0.560. The van der Waals surface area contributed by atoms with Gasteiger partial charge in [0.25, 0.3) is 0 Å². The van der Waals surface area contributed by atoms with Gasteiger partial charge in [0.15, 0.2) is 0 Å². The van der Waals surface area contributed by atoms with Gasteiger partial charge in [-0.1, -0.05) is 53.2 Å². The minimum Gasteiger partial charge on any atom is -0.355 e. The lowest BCUT2D eigenvalue weighted by atomic mass is 9.71. The molecule has 0 aromatic rings. The fraction of sp³-hybridized carbons (Fsp3) is 0.750. The van der Waals surface area contributed by atoms with Gasteiger partial charge in [0.05, 0.1) is 5.60 Å². The molecule has 0 saturated carbocycles. The molecule has 0 aliphatic carbocycles. The summed E-state index contributed by atoms with van der Waals surface area (Å²) in [6.45, 7) is 15.8. The Labute approximate surface area is 106 Å². The summed E-state index contributed by atoms with van der Waals surface area (Å²) in [5.41, 5.74) is 1.33. The molecule has 17 heavy (non-hydrogen) atoms. The van der Waals surface area contributed by atoms with E-state index in [1.165, 1.54) is 5.57 Å². The van der Waals surface area contributed by atoms with Crippen molar-refractivity contribution in [2.24, 2.45) is 10.8 Å². The lowest BCUT2D eigenvalue weighted by Crippen LogP contribution is -2.52. The molecule has 0 spiro atoms. The Balaban J connectivity index is 2.52. The predicted molar refractivity (Wildman–Crippen MR) is 73.0 cm³/mol. The minimum atomic E-state index is -0.220. The molecule has 2 heterocycles. The first-order valence-corrected chi connectivity index (χ1v) is 6.60. The second kappa shape index (κ2) is 3.26. The number of fused-ring (bicyclic) bond motifs is 2. The van der Waals surface area contributed by atoms with E-state index < -0.39 is 0 Å². The van der Waals surface area contributed by atoms with E-state index in [0.717, 1.165) is 6.42 Å². The summed E-state index contributed by atoms with van der Waals surface area (Å²) in [5, 5.41) is 0. The summed E-state index contributed by atoms with van der Waals surface area (Å²) < 4.78 is 6.58. The van der Waals surface area contributed by atoms with Gasteiger partial charge in [-0.2, -0.15) is 0 Å². The highest BCUT2D eigenvalue weighted by Crippen LogP contribution is 2.55. The van der Waals surface area contributed by atoms with Gasteiger partial charge in [0.1, 0.15) is 5.60 Å². The van der Waals surface area contributed by atoms with E-state index in [-0.39, 0.29) is 22.0 Å². The molecule has 2 bridgehead atoms. The number of rotatable bonds is 0. The van der Waals surface area contributed by atoms with Crippen LogP contribution >= 0.6 is 0 Å².